The highest BCUT2D eigenvalue weighted by atomic mass is 16.1. The van der Waals surface area contributed by atoms with Gasteiger partial charge in [-0.1, -0.05) is 36.4 Å². The number of hydrogen-bond donors (Lipinski definition) is 1. The van der Waals surface area contributed by atoms with E-state index in [-0.39, 0.29) is 5.91 Å². The van der Waals surface area contributed by atoms with Gasteiger partial charge in [0, 0.05) is 18.7 Å². The van der Waals surface area contributed by atoms with Crippen LogP contribution >= 0.6 is 0 Å². The molecule has 0 saturated carbocycles. The zero-order valence-corrected chi connectivity index (χ0v) is 10.8. The molecule has 2 aromatic rings. The average Bonchev–Trinajstić information content (AvgIpc) is 2.37. The Morgan fingerprint density at radius 3 is 2.61 bits per heavy atom. The Bertz CT molecular complexity index is 544. The van der Waals surface area contributed by atoms with Crippen LogP contribution in [0.4, 0.5) is 0 Å². The molecule has 0 heterocycles. The van der Waals surface area contributed by atoms with Gasteiger partial charge in [-0.3, -0.25) is 4.79 Å². The van der Waals surface area contributed by atoms with Crippen molar-refractivity contribution in [1.82, 2.24) is 10.2 Å². The third kappa shape index (κ3) is 2.87. The Labute approximate surface area is 107 Å². The number of rotatable bonds is 4. The molecule has 0 aliphatic rings. The zero-order valence-electron chi connectivity index (χ0n) is 10.8. The molecule has 1 amide bonds. The van der Waals surface area contributed by atoms with Gasteiger partial charge in [0.2, 0.25) is 0 Å². The molecule has 2 rings (SSSR count). The maximum Gasteiger partial charge on any atom is 0.251 e. The molecule has 0 bridgehead atoms. The van der Waals surface area contributed by atoms with Crippen molar-refractivity contribution in [3.05, 3.63) is 48.0 Å². The summed E-state index contributed by atoms with van der Waals surface area (Å²) in [6, 6.07) is 13.7. The van der Waals surface area contributed by atoms with Gasteiger partial charge in [0.1, 0.15) is 0 Å². The monoisotopic (exact) mass is 242 g/mol. The number of benzene rings is 2. The van der Waals surface area contributed by atoms with Crippen LogP contribution in [0, 0.1) is 0 Å². The number of fused-ring (bicyclic) bond motifs is 1. The Morgan fingerprint density at radius 2 is 1.83 bits per heavy atom. The van der Waals surface area contributed by atoms with Crippen molar-refractivity contribution in [3.8, 4) is 0 Å². The standard InChI is InChI=1S/C15H18N2O/c1-17(2)11-10-16-15(18)14-9-5-7-12-6-3-4-8-13(12)14/h3-9H,10-11H2,1-2H3,(H,16,18). The second kappa shape index (κ2) is 5.65. The van der Waals surface area contributed by atoms with E-state index in [0.717, 1.165) is 22.9 Å². The fourth-order valence-electron chi connectivity index (χ4n) is 1.91. The molecular weight excluding hydrogens is 224 g/mol. The summed E-state index contributed by atoms with van der Waals surface area (Å²) < 4.78 is 0. The van der Waals surface area contributed by atoms with Crippen LogP contribution in [0.5, 0.6) is 0 Å². The Kier molecular flexibility index (Phi) is 3.95. The van der Waals surface area contributed by atoms with E-state index in [9.17, 15) is 4.79 Å². The number of amides is 1. The van der Waals surface area contributed by atoms with Gasteiger partial charge in [-0.25, -0.2) is 0 Å². The third-order valence-corrected chi connectivity index (χ3v) is 2.88. The van der Waals surface area contributed by atoms with E-state index in [1.54, 1.807) is 0 Å². The summed E-state index contributed by atoms with van der Waals surface area (Å²) in [4.78, 5) is 14.2. The summed E-state index contributed by atoms with van der Waals surface area (Å²) in [7, 11) is 3.98. The Morgan fingerprint density at radius 1 is 1.11 bits per heavy atom. The average molecular weight is 242 g/mol. The molecule has 2 aromatic carbocycles. The smallest absolute Gasteiger partial charge is 0.251 e. The quantitative estimate of drug-likeness (QED) is 0.890. The van der Waals surface area contributed by atoms with Crippen LogP contribution in [0.2, 0.25) is 0 Å². The predicted octanol–water partition coefficient (Wildman–Crippen LogP) is 2.13. The fourth-order valence-corrected chi connectivity index (χ4v) is 1.91. The van der Waals surface area contributed by atoms with E-state index in [0.29, 0.717) is 6.54 Å². The van der Waals surface area contributed by atoms with Crippen molar-refractivity contribution in [1.29, 1.82) is 0 Å². The van der Waals surface area contributed by atoms with E-state index >= 15 is 0 Å². The molecule has 0 aromatic heterocycles. The largest absolute Gasteiger partial charge is 0.351 e. The second-order valence-corrected chi connectivity index (χ2v) is 4.59. The van der Waals surface area contributed by atoms with E-state index < -0.39 is 0 Å². The minimum Gasteiger partial charge on any atom is -0.351 e. The zero-order chi connectivity index (χ0) is 13.0. The first-order valence-electron chi connectivity index (χ1n) is 6.09. The number of likely N-dealkylation sites (N-methyl/N-ethyl adjacent to an activating group) is 1. The van der Waals surface area contributed by atoms with Gasteiger partial charge in [0.25, 0.3) is 5.91 Å². The summed E-state index contributed by atoms with van der Waals surface area (Å²) in [6.07, 6.45) is 0. The van der Waals surface area contributed by atoms with Gasteiger partial charge in [-0.2, -0.15) is 0 Å². The maximum atomic E-state index is 12.1. The van der Waals surface area contributed by atoms with Gasteiger partial charge in [-0.15, -0.1) is 0 Å². The van der Waals surface area contributed by atoms with Crippen LogP contribution in [0.1, 0.15) is 10.4 Å². The highest BCUT2D eigenvalue weighted by Gasteiger charge is 2.08. The molecule has 18 heavy (non-hydrogen) atoms. The molecular formula is C15H18N2O. The third-order valence-electron chi connectivity index (χ3n) is 2.88. The summed E-state index contributed by atoms with van der Waals surface area (Å²) >= 11 is 0. The summed E-state index contributed by atoms with van der Waals surface area (Å²) in [6.45, 7) is 1.51. The lowest BCUT2D eigenvalue weighted by molar-refractivity contribution is 0.0952. The topological polar surface area (TPSA) is 32.3 Å². The number of nitrogens with zero attached hydrogens (tertiary/aromatic N) is 1. The lowest BCUT2D eigenvalue weighted by Crippen LogP contribution is -2.31. The fraction of sp³-hybridized carbons (Fsp3) is 0.267. The maximum absolute atomic E-state index is 12.1. The van der Waals surface area contributed by atoms with Crippen LogP contribution in [-0.4, -0.2) is 38.0 Å². The van der Waals surface area contributed by atoms with E-state index in [1.807, 2.05) is 61.5 Å². The summed E-state index contributed by atoms with van der Waals surface area (Å²) in [5.74, 6) is -0.00588. The first-order valence-corrected chi connectivity index (χ1v) is 6.09. The van der Waals surface area contributed by atoms with Gasteiger partial charge in [-0.05, 0) is 30.9 Å². The van der Waals surface area contributed by atoms with E-state index in [1.165, 1.54) is 0 Å². The molecule has 0 spiro atoms. The lowest BCUT2D eigenvalue weighted by Gasteiger charge is -2.11. The van der Waals surface area contributed by atoms with Gasteiger partial charge < -0.3 is 10.2 Å². The van der Waals surface area contributed by atoms with Crippen LogP contribution in [-0.2, 0) is 0 Å². The van der Waals surface area contributed by atoms with Gasteiger partial charge in [0.15, 0.2) is 0 Å². The second-order valence-electron chi connectivity index (χ2n) is 4.59. The van der Waals surface area contributed by atoms with Crippen molar-refractivity contribution in [3.63, 3.8) is 0 Å². The SMILES string of the molecule is CN(C)CCNC(=O)c1cccc2ccccc12. The number of nitrogens with one attached hydrogen (secondary N) is 1. The van der Waals surface area contributed by atoms with Crippen molar-refractivity contribution in [2.75, 3.05) is 27.2 Å². The number of carbonyl (C=O) groups excluding carboxylic acids is 1. The highest BCUT2D eigenvalue weighted by molar-refractivity contribution is 6.06. The normalized spacial score (nSPS) is 10.8. The van der Waals surface area contributed by atoms with E-state index in [2.05, 4.69) is 5.32 Å². The summed E-state index contributed by atoms with van der Waals surface area (Å²) in [5, 5.41) is 5.04. The number of carbonyl (C=O) groups is 1. The molecule has 94 valence electrons. The van der Waals surface area contributed by atoms with Crippen molar-refractivity contribution in [2.24, 2.45) is 0 Å². The number of hydrogen-bond acceptors (Lipinski definition) is 2. The lowest BCUT2D eigenvalue weighted by atomic mass is 10.0. The van der Waals surface area contributed by atoms with Crippen LogP contribution < -0.4 is 5.32 Å². The minimum absolute atomic E-state index is 0.00588. The molecule has 0 atom stereocenters. The van der Waals surface area contributed by atoms with Crippen LogP contribution in [0.25, 0.3) is 10.8 Å². The van der Waals surface area contributed by atoms with Gasteiger partial charge in [0.05, 0.1) is 0 Å². The van der Waals surface area contributed by atoms with E-state index in [4.69, 9.17) is 0 Å². The minimum atomic E-state index is -0.00588. The highest BCUT2D eigenvalue weighted by Crippen LogP contribution is 2.18. The van der Waals surface area contributed by atoms with Crippen molar-refractivity contribution < 1.29 is 4.79 Å². The van der Waals surface area contributed by atoms with Crippen LogP contribution in [0.3, 0.4) is 0 Å². The first-order chi connectivity index (χ1) is 8.68. The predicted molar refractivity (Wildman–Crippen MR) is 74.8 cm³/mol. The van der Waals surface area contributed by atoms with Crippen molar-refractivity contribution >= 4 is 16.7 Å². The molecule has 3 nitrogen and oxygen atoms in total. The molecule has 0 fully saturated rings. The molecule has 3 heteroatoms. The molecule has 0 aliphatic heterocycles. The molecule has 0 radical (unpaired) electrons. The summed E-state index contributed by atoms with van der Waals surface area (Å²) in [5.41, 5.74) is 0.742. The van der Waals surface area contributed by atoms with Gasteiger partial charge >= 0.3 is 0 Å². The van der Waals surface area contributed by atoms with Crippen LogP contribution in [0.15, 0.2) is 42.5 Å². The Balaban J connectivity index is 2.17. The molecule has 0 unspecified atom stereocenters. The van der Waals surface area contributed by atoms with Crippen molar-refractivity contribution in [2.45, 2.75) is 0 Å². The molecule has 0 saturated heterocycles. The molecule has 0 aliphatic carbocycles. The first kappa shape index (κ1) is 12.6. The molecule has 1 N–H and O–H groups in total. The Hall–Kier alpha value is -1.87.